The molecule has 2 aromatic rings. The number of nitro benzene ring substituents is 1. The first-order valence-corrected chi connectivity index (χ1v) is 9.36. The molecule has 0 N–H and O–H groups in total. The first-order chi connectivity index (χ1) is 14.2. The number of Topliss-reactive ketones (excluding diaryl/α,β-unsaturated/α-hetero) is 1. The first kappa shape index (κ1) is 19.7. The molecule has 2 atom stereocenters. The number of hydrazone groups is 1. The van der Waals surface area contributed by atoms with Gasteiger partial charge in [0.1, 0.15) is 17.7 Å². The number of benzene rings is 2. The molecule has 2 aliphatic heterocycles. The highest BCUT2D eigenvalue weighted by Crippen LogP contribution is 2.40. The third kappa shape index (κ3) is 2.86. The van der Waals surface area contributed by atoms with Crippen molar-refractivity contribution in [3.8, 4) is 0 Å². The molecule has 152 valence electrons. The number of carbonyl (C=O) groups is 3. The average molecular weight is 427 g/mol. The minimum atomic E-state index is -1.11. The molecule has 30 heavy (non-hydrogen) atoms. The Bertz CT molecular complexity index is 1160. The summed E-state index contributed by atoms with van der Waals surface area (Å²) in [5.41, 5.74) is 0.848. The Morgan fingerprint density at radius 1 is 1.17 bits per heavy atom. The zero-order valence-electron chi connectivity index (χ0n) is 15.9. The molecule has 0 bridgehead atoms. The lowest BCUT2D eigenvalue weighted by Gasteiger charge is -2.22. The highest BCUT2D eigenvalue weighted by molar-refractivity contribution is 6.49. The monoisotopic (exact) mass is 426 g/mol. The summed E-state index contributed by atoms with van der Waals surface area (Å²) in [5.74, 6) is -2.73. The van der Waals surface area contributed by atoms with Crippen molar-refractivity contribution in [3.63, 3.8) is 0 Å². The summed E-state index contributed by atoms with van der Waals surface area (Å²) in [5, 5.41) is 16.9. The third-order valence-electron chi connectivity index (χ3n) is 5.19. The maximum Gasteiger partial charge on any atom is 0.271 e. The molecule has 2 aliphatic rings. The molecule has 2 heterocycles. The normalized spacial score (nSPS) is 20.4. The Balaban J connectivity index is 1.83. The summed E-state index contributed by atoms with van der Waals surface area (Å²) >= 11 is 6.16. The molecule has 10 heteroatoms. The maximum absolute atomic E-state index is 13.3. The fourth-order valence-corrected chi connectivity index (χ4v) is 3.91. The number of fused-ring (bicyclic) bond motifs is 1. The maximum atomic E-state index is 13.3. The molecule has 0 radical (unpaired) electrons. The predicted molar refractivity (Wildman–Crippen MR) is 110 cm³/mol. The molecule has 4 rings (SSSR count). The van der Waals surface area contributed by atoms with E-state index in [1.54, 1.807) is 25.1 Å². The first-order valence-electron chi connectivity index (χ1n) is 8.98. The SMILES string of the molecule is CC(=O)C1=NN(c2cccc([N+](=O)[O-])c2)[C@@H]2C(=O)N(c3cccc(Cl)c3C)C(=O)[C@@H]12. The minimum Gasteiger partial charge on any atom is -0.293 e. The van der Waals surface area contributed by atoms with Crippen molar-refractivity contribution >= 4 is 52.0 Å². The van der Waals surface area contributed by atoms with E-state index < -0.39 is 34.5 Å². The summed E-state index contributed by atoms with van der Waals surface area (Å²) < 4.78 is 0. The number of hydrogen-bond donors (Lipinski definition) is 0. The van der Waals surface area contributed by atoms with Crippen LogP contribution in [-0.2, 0) is 14.4 Å². The second-order valence-corrected chi connectivity index (χ2v) is 7.39. The number of imide groups is 1. The van der Waals surface area contributed by atoms with Crippen LogP contribution >= 0.6 is 11.6 Å². The third-order valence-corrected chi connectivity index (χ3v) is 5.60. The number of rotatable bonds is 4. The van der Waals surface area contributed by atoms with Gasteiger partial charge in [0, 0.05) is 24.1 Å². The van der Waals surface area contributed by atoms with Gasteiger partial charge in [0.15, 0.2) is 5.78 Å². The van der Waals surface area contributed by atoms with Crippen molar-refractivity contribution in [2.75, 3.05) is 9.91 Å². The number of hydrogen-bond acceptors (Lipinski definition) is 7. The van der Waals surface area contributed by atoms with Gasteiger partial charge >= 0.3 is 0 Å². The fraction of sp³-hybridized carbons (Fsp3) is 0.200. The van der Waals surface area contributed by atoms with Crippen LogP contribution in [0.25, 0.3) is 0 Å². The van der Waals surface area contributed by atoms with E-state index in [1.807, 2.05) is 0 Å². The molecule has 0 saturated carbocycles. The second kappa shape index (κ2) is 7.03. The molecule has 2 amide bonds. The Labute approximate surface area is 175 Å². The molecular weight excluding hydrogens is 412 g/mol. The zero-order valence-corrected chi connectivity index (χ0v) is 16.7. The van der Waals surface area contributed by atoms with Crippen LogP contribution in [0.2, 0.25) is 5.02 Å². The van der Waals surface area contributed by atoms with Crippen molar-refractivity contribution < 1.29 is 19.3 Å². The number of amides is 2. The topological polar surface area (TPSA) is 113 Å². The molecule has 2 aromatic carbocycles. The van der Waals surface area contributed by atoms with E-state index in [0.717, 1.165) is 4.90 Å². The van der Waals surface area contributed by atoms with Gasteiger partial charge in [0.05, 0.1) is 16.3 Å². The quantitative estimate of drug-likeness (QED) is 0.422. The number of nitro groups is 1. The Kier molecular flexibility index (Phi) is 4.62. The molecule has 0 aromatic heterocycles. The van der Waals surface area contributed by atoms with Gasteiger partial charge in [-0.05, 0) is 30.7 Å². The standard InChI is InChI=1S/C20H15ClN4O5/c1-10-14(21)7-4-8-15(10)23-19(27)16-17(11(2)26)22-24(18(16)20(23)28)12-5-3-6-13(9-12)25(29)30/h3-9,16,18H,1-2H3/t16-,18-/m0/s1. The smallest absolute Gasteiger partial charge is 0.271 e. The second-order valence-electron chi connectivity index (χ2n) is 6.98. The van der Waals surface area contributed by atoms with E-state index in [4.69, 9.17) is 11.6 Å². The van der Waals surface area contributed by atoms with Crippen LogP contribution in [0, 0.1) is 23.0 Å². The van der Waals surface area contributed by atoms with E-state index >= 15 is 0 Å². The van der Waals surface area contributed by atoms with Gasteiger partial charge in [-0.3, -0.25) is 29.5 Å². The van der Waals surface area contributed by atoms with Gasteiger partial charge in [-0.2, -0.15) is 5.10 Å². The molecule has 0 spiro atoms. The van der Waals surface area contributed by atoms with Crippen LogP contribution < -0.4 is 9.91 Å². The molecule has 1 saturated heterocycles. The van der Waals surface area contributed by atoms with Crippen molar-refractivity contribution in [2.24, 2.45) is 11.0 Å². The van der Waals surface area contributed by atoms with Gasteiger partial charge < -0.3 is 0 Å². The summed E-state index contributed by atoms with van der Waals surface area (Å²) in [6.45, 7) is 2.95. The molecule has 9 nitrogen and oxygen atoms in total. The number of carbonyl (C=O) groups excluding carboxylic acids is 3. The van der Waals surface area contributed by atoms with Crippen LogP contribution in [0.3, 0.4) is 0 Å². The average Bonchev–Trinajstić information content (AvgIpc) is 3.22. The lowest BCUT2D eigenvalue weighted by molar-refractivity contribution is -0.384. The Morgan fingerprint density at radius 2 is 1.87 bits per heavy atom. The lowest BCUT2D eigenvalue weighted by atomic mass is 9.95. The summed E-state index contributed by atoms with van der Waals surface area (Å²) in [6, 6.07) is 9.27. The molecular formula is C20H15ClN4O5. The van der Waals surface area contributed by atoms with Gasteiger partial charge in [-0.25, -0.2) is 4.90 Å². The Hall–Kier alpha value is -3.59. The van der Waals surface area contributed by atoms with Crippen LogP contribution in [-0.4, -0.2) is 34.3 Å². The molecule has 0 unspecified atom stereocenters. The van der Waals surface area contributed by atoms with Crippen molar-refractivity contribution in [2.45, 2.75) is 19.9 Å². The number of non-ortho nitro benzene ring substituents is 1. The number of nitrogens with zero attached hydrogens (tertiary/aromatic N) is 4. The van der Waals surface area contributed by atoms with E-state index in [0.29, 0.717) is 16.3 Å². The fourth-order valence-electron chi connectivity index (χ4n) is 3.74. The number of halogens is 1. The summed E-state index contributed by atoms with van der Waals surface area (Å²) in [7, 11) is 0. The molecule has 1 fully saturated rings. The van der Waals surface area contributed by atoms with Crippen LogP contribution in [0.15, 0.2) is 47.6 Å². The van der Waals surface area contributed by atoms with Gasteiger partial charge in [-0.15, -0.1) is 0 Å². The summed E-state index contributed by atoms with van der Waals surface area (Å²) in [4.78, 5) is 50.3. The van der Waals surface area contributed by atoms with Crippen molar-refractivity contribution in [3.05, 3.63) is 63.2 Å². The van der Waals surface area contributed by atoms with E-state index in [9.17, 15) is 24.5 Å². The highest BCUT2D eigenvalue weighted by atomic mass is 35.5. The molecule has 0 aliphatic carbocycles. The lowest BCUT2D eigenvalue weighted by Crippen LogP contribution is -2.39. The van der Waals surface area contributed by atoms with Crippen molar-refractivity contribution in [1.29, 1.82) is 0 Å². The largest absolute Gasteiger partial charge is 0.293 e. The van der Waals surface area contributed by atoms with E-state index in [-0.39, 0.29) is 17.1 Å². The predicted octanol–water partition coefficient (Wildman–Crippen LogP) is 2.88. The highest BCUT2D eigenvalue weighted by Gasteiger charge is 2.58. The van der Waals surface area contributed by atoms with Crippen molar-refractivity contribution in [1.82, 2.24) is 0 Å². The number of anilines is 2. The summed E-state index contributed by atoms with van der Waals surface area (Å²) in [6.07, 6.45) is 0. The van der Waals surface area contributed by atoms with Gasteiger partial charge in [-0.1, -0.05) is 23.7 Å². The van der Waals surface area contributed by atoms with Gasteiger partial charge in [0.25, 0.3) is 11.6 Å². The van der Waals surface area contributed by atoms with E-state index in [2.05, 4.69) is 5.10 Å². The van der Waals surface area contributed by atoms with Gasteiger partial charge in [0.2, 0.25) is 5.91 Å². The van der Waals surface area contributed by atoms with E-state index in [1.165, 1.54) is 36.2 Å². The van der Waals surface area contributed by atoms with Crippen LogP contribution in [0.1, 0.15) is 12.5 Å². The number of ketones is 1. The van der Waals surface area contributed by atoms with Crippen LogP contribution in [0.4, 0.5) is 17.1 Å². The minimum absolute atomic E-state index is 0.0629. The zero-order chi connectivity index (χ0) is 21.7. The Morgan fingerprint density at radius 3 is 2.53 bits per heavy atom. The van der Waals surface area contributed by atoms with Crippen LogP contribution in [0.5, 0.6) is 0 Å².